The highest BCUT2D eigenvalue weighted by Crippen LogP contribution is 2.43. The average molecular weight is 311 g/mol. The smallest absolute Gasteiger partial charge is 0.309 e. The van der Waals surface area contributed by atoms with Gasteiger partial charge in [-0.1, -0.05) is 6.07 Å². The topological polar surface area (TPSA) is 58.6 Å². The Morgan fingerprint density at radius 1 is 1.42 bits per heavy atom. The molecule has 0 saturated carbocycles. The Morgan fingerprint density at radius 2 is 2.26 bits per heavy atom. The normalized spacial score (nSPS) is 13.9. The van der Waals surface area contributed by atoms with Gasteiger partial charge in [0.2, 0.25) is 0 Å². The van der Waals surface area contributed by atoms with Gasteiger partial charge >= 0.3 is 5.97 Å². The molecule has 0 aromatic carbocycles. The lowest BCUT2D eigenvalue weighted by Gasteiger charge is -2.15. The number of carbonyl (C=O) groups is 1. The van der Waals surface area contributed by atoms with Crippen LogP contribution in [0.4, 0.5) is 0 Å². The number of ether oxygens (including phenoxy) is 1. The summed E-state index contributed by atoms with van der Waals surface area (Å²) in [5.41, 5.74) is 0. The lowest BCUT2D eigenvalue weighted by atomic mass is 10.3. The van der Waals surface area contributed by atoms with Crippen LogP contribution in [-0.2, 0) is 9.53 Å². The highest BCUT2D eigenvalue weighted by Gasteiger charge is 2.25. The van der Waals surface area contributed by atoms with Crippen LogP contribution in [0.5, 0.6) is 0 Å². The first kappa shape index (κ1) is 12.6. The zero-order chi connectivity index (χ0) is 13.4. The molecule has 0 spiro atoms. The van der Waals surface area contributed by atoms with Gasteiger partial charge in [-0.3, -0.25) is 9.52 Å². The van der Waals surface area contributed by atoms with Crippen LogP contribution in [0.3, 0.4) is 0 Å². The van der Waals surface area contributed by atoms with Gasteiger partial charge in [-0.2, -0.15) is 0 Å². The van der Waals surface area contributed by atoms with Crippen molar-refractivity contribution in [3.63, 3.8) is 0 Å². The number of thiophene rings is 2. The van der Waals surface area contributed by atoms with Gasteiger partial charge in [-0.15, -0.1) is 22.7 Å². The summed E-state index contributed by atoms with van der Waals surface area (Å²) in [5, 5.41) is 12.1. The van der Waals surface area contributed by atoms with E-state index in [1.165, 1.54) is 30.2 Å². The van der Waals surface area contributed by atoms with E-state index in [2.05, 4.69) is 4.72 Å². The first-order chi connectivity index (χ1) is 9.15. The number of esters is 1. The molecule has 2 aromatic rings. The number of nitrogens with one attached hydrogen (secondary N) is 1. The van der Waals surface area contributed by atoms with E-state index in [-0.39, 0.29) is 11.6 Å². The number of hydrogen-bond donors (Lipinski definition) is 2. The molecule has 3 rings (SSSR count). The number of aliphatic hydroxyl groups is 1. The van der Waals surface area contributed by atoms with Gasteiger partial charge in [-0.05, 0) is 29.5 Å². The summed E-state index contributed by atoms with van der Waals surface area (Å²) in [7, 11) is 0. The van der Waals surface area contributed by atoms with Gasteiger partial charge in [-0.25, -0.2) is 0 Å². The van der Waals surface area contributed by atoms with E-state index in [1.54, 1.807) is 11.3 Å². The molecule has 0 saturated heterocycles. The van der Waals surface area contributed by atoms with E-state index in [0.717, 1.165) is 19.5 Å². The molecule has 0 radical (unpaired) electrons. The number of aliphatic hydroxyl groups excluding tert-OH is 1. The fourth-order valence-electron chi connectivity index (χ4n) is 1.62. The number of fused-ring (bicyclic) bond motifs is 1. The standard InChI is InChI=1S/C12H9NO3S3/c1-6(14)16-12-10(15)11-9(19-13-12)5-8(18-11)7-3-2-4-17-7/h2-5,13,15H,1H3. The third kappa shape index (κ3) is 2.36. The summed E-state index contributed by atoms with van der Waals surface area (Å²) >= 11 is 4.46. The summed E-state index contributed by atoms with van der Waals surface area (Å²) in [5.74, 6) is -0.380. The van der Waals surface area contributed by atoms with Gasteiger partial charge in [0.25, 0.3) is 5.88 Å². The van der Waals surface area contributed by atoms with Crippen LogP contribution in [0.2, 0.25) is 0 Å². The van der Waals surface area contributed by atoms with E-state index in [0.29, 0.717) is 0 Å². The maximum atomic E-state index is 10.9. The zero-order valence-corrected chi connectivity index (χ0v) is 12.2. The van der Waals surface area contributed by atoms with Crippen LogP contribution in [0.25, 0.3) is 15.5 Å². The Kier molecular flexibility index (Phi) is 3.26. The SMILES string of the molecule is CC(=O)OC1=C(O)c2sc(-c3cccs3)cc2SN1. The van der Waals surface area contributed by atoms with Gasteiger partial charge < -0.3 is 9.84 Å². The molecular formula is C12H9NO3S3. The molecule has 0 atom stereocenters. The predicted octanol–water partition coefficient (Wildman–Crippen LogP) is 3.83. The van der Waals surface area contributed by atoms with E-state index in [9.17, 15) is 9.90 Å². The molecule has 0 unspecified atom stereocenters. The Balaban J connectivity index is 2.00. The molecule has 7 heteroatoms. The van der Waals surface area contributed by atoms with E-state index < -0.39 is 5.97 Å². The fraction of sp³-hybridized carbons (Fsp3) is 0.0833. The van der Waals surface area contributed by atoms with Crippen molar-refractivity contribution in [2.75, 3.05) is 0 Å². The quantitative estimate of drug-likeness (QED) is 0.652. The molecule has 4 nitrogen and oxygen atoms in total. The Labute approximate surface area is 121 Å². The molecule has 0 aliphatic carbocycles. The molecule has 0 bridgehead atoms. The lowest BCUT2D eigenvalue weighted by molar-refractivity contribution is -0.137. The van der Waals surface area contributed by atoms with Crippen LogP contribution in [0, 0.1) is 0 Å². The van der Waals surface area contributed by atoms with Crippen molar-refractivity contribution in [3.8, 4) is 9.75 Å². The van der Waals surface area contributed by atoms with Crippen molar-refractivity contribution in [1.29, 1.82) is 0 Å². The molecule has 1 aliphatic rings. The van der Waals surface area contributed by atoms with Crippen molar-refractivity contribution >= 4 is 46.3 Å². The molecule has 19 heavy (non-hydrogen) atoms. The third-order valence-electron chi connectivity index (χ3n) is 2.39. The van der Waals surface area contributed by atoms with Gasteiger partial charge in [0.15, 0.2) is 5.76 Å². The van der Waals surface area contributed by atoms with E-state index in [1.807, 2.05) is 23.6 Å². The average Bonchev–Trinajstić information content (AvgIpc) is 3.00. The maximum absolute atomic E-state index is 10.9. The highest BCUT2D eigenvalue weighted by molar-refractivity contribution is 7.97. The van der Waals surface area contributed by atoms with Crippen molar-refractivity contribution in [1.82, 2.24) is 4.72 Å². The summed E-state index contributed by atoms with van der Waals surface area (Å²) in [6, 6.07) is 6.04. The molecule has 0 amide bonds. The lowest BCUT2D eigenvalue weighted by Crippen LogP contribution is -2.16. The predicted molar refractivity (Wildman–Crippen MR) is 77.9 cm³/mol. The Bertz CT molecular complexity index is 658. The van der Waals surface area contributed by atoms with Crippen LogP contribution in [0.15, 0.2) is 34.4 Å². The highest BCUT2D eigenvalue weighted by atomic mass is 32.2. The first-order valence-corrected chi connectivity index (χ1v) is 7.89. The zero-order valence-electron chi connectivity index (χ0n) is 9.80. The minimum Gasteiger partial charge on any atom is -0.502 e. The van der Waals surface area contributed by atoms with Crippen molar-refractivity contribution in [3.05, 3.63) is 34.3 Å². The molecule has 3 heterocycles. The molecule has 2 N–H and O–H groups in total. The molecule has 98 valence electrons. The Morgan fingerprint density at radius 3 is 2.95 bits per heavy atom. The van der Waals surface area contributed by atoms with Gasteiger partial charge in [0.1, 0.15) is 0 Å². The minimum atomic E-state index is -0.465. The molecule has 1 aliphatic heterocycles. The monoisotopic (exact) mass is 311 g/mol. The van der Waals surface area contributed by atoms with Crippen LogP contribution in [-0.4, -0.2) is 11.1 Å². The molecule has 2 aromatic heterocycles. The second kappa shape index (κ2) is 4.92. The Hall–Kier alpha value is -1.44. The summed E-state index contributed by atoms with van der Waals surface area (Å²) in [4.78, 5) is 14.8. The van der Waals surface area contributed by atoms with Gasteiger partial charge in [0, 0.05) is 16.7 Å². The second-order valence-corrected chi connectivity index (χ2v) is 6.60. The largest absolute Gasteiger partial charge is 0.502 e. The molecule has 0 fully saturated rings. The number of carbonyl (C=O) groups excluding carboxylic acids is 1. The first-order valence-electron chi connectivity index (χ1n) is 5.37. The maximum Gasteiger partial charge on any atom is 0.309 e. The summed E-state index contributed by atoms with van der Waals surface area (Å²) in [6.07, 6.45) is 0. The summed E-state index contributed by atoms with van der Waals surface area (Å²) < 4.78 is 7.76. The van der Waals surface area contributed by atoms with Crippen LogP contribution >= 0.6 is 34.6 Å². The number of rotatable bonds is 2. The van der Waals surface area contributed by atoms with Crippen molar-refractivity contribution in [2.24, 2.45) is 0 Å². The second-order valence-electron chi connectivity index (χ2n) is 3.76. The fourth-order valence-corrected chi connectivity index (χ4v) is 4.47. The van der Waals surface area contributed by atoms with Crippen molar-refractivity contribution in [2.45, 2.75) is 11.8 Å². The van der Waals surface area contributed by atoms with Gasteiger partial charge in [0.05, 0.1) is 9.77 Å². The van der Waals surface area contributed by atoms with Crippen LogP contribution < -0.4 is 4.72 Å². The van der Waals surface area contributed by atoms with E-state index >= 15 is 0 Å². The molecular weight excluding hydrogens is 302 g/mol. The van der Waals surface area contributed by atoms with E-state index in [4.69, 9.17) is 4.74 Å². The minimum absolute atomic E-state index is 0.0169. The third-order valence-corrected chi connectivity index (χ3v) is 5.56. The number of hydrogen-bond acceptors (Lipinski definition) is 7. The summed E-state index contributed by atoms with van der Waals surface area (Å²) in [6.45, 7) is 1.30. The van der Waals surface area contributed by atoms with Crippen LogP contribution in [0.1, 0.15) is 11.8 Å². The van der Waals surface area contributed by atoms with Crippen molar-refractivity contribution < 1.29 is 14.6 Å².